The Morgan fingerprint density at radius 2 is 1.38 bits per heavy atom. The predicted octanol–water partition coefficient (Wildman–Crippen LogP) is 5.51. The van der Waals surface area contributed by atoms with Crippen LogP contribution in [0.15, 0.2) is 95.9 Å². The third-order valence-electron chi connectivity index (χ3n) is 5.44. The number of benzene rings is 4. The van der Waals surface area contributed by atoms with Crippen LogP contribution < -0.4 is 4.72 Å². The van der Waals surface area contributed by atoms with Gasteiger partial charge in [-0.05, 0) is 54.0 Å². The van der Waals surface area contributed by atoms with Gasteiger partial charge in [-0.25, -0.2) is 13.2 Å². The third-order valence-corrected chi connectivity index (χ3v) is 6.86. The van der Waals surface area contributed by atoms with E-state index < -0.39 is 16.0 Å². The number of nitrogens with one attached hydrogen (secondary N) is 1. The number of carbonyl (C=O) groups is 1. The molecule has 4 aromatic rings. The first-order valence-electron chi connectivity index (χ1n) is 10.4. The maximum absolute atomic E-state index is 13.2. The molecule has 2 N–H and O–H groups in total. The first-order valence-corrected chi connectivity index (χ1v) is 11.8. The second-order valence-electron chi connectivity index (χ2n) is 7.56. The van der Waals surface area contributed by atoms with Gasteiger partial charge in [-0.1, -0.05) is 72.8 Å². The van der Waals surface area contributed by atoms with Gasteiger partial charge >= 0.3 is 5.97 Å². The Morgan fingerprint density at radius 3 is 2.19 bits per heavy atom. The fourth-order valence-electron chi connectivity index (χ4n) is 3.88. The van der Waals surface area contributed by atoms with Gasteiger partial charge in [-0.3, -0.25) is 4.72 Å². The van der Waals surface area contributed by atoms with Crippen molar-refractivity contribution in [3.05, 3.63) is 108 Å². The zero-order valence-corrected chi connectivity index (χ0v) is 18.2. The van der Waals surface area contributed by atoms with E-state index >= 15 is 0 Å². The first-order chi connectivity index (χ1) is 15.5. The number of rotatable bonds is 8. The number of para-hydroxylation sites is 1. The lowest BCUT2D eigenvalue weighted by Crippen LogP contribution is -2.14. The molecule has 5 nitrogen and oxygen atoms in total. The van der Waals surface area contributed by atoms with Gasteiger partial charge in [0, 0.05) is 5.39 Å². The Kier molecular flexibility index (Phi) is 6.23. The van der Waals surface area contributed by atoms with Crippen molar-refractivity contribution in [2.45, 2.75) is 24.2 Å². The lowest BCUT2D eigenvalue weighted by molar-refractivity contribution is 0.0695. The molecule has 0 fully saturated rings. The number of aromatic carboxylic acids is 1. The lowest BCUT2D eigenvalue weighted by atomic mass is 9.99. The maximum Gasteiger partial charge on any atom is 0.335 e. The van der Waals surface area contributed by atoms with Crippen LogP contribution in [0.4, 0.5) is 5.69 Å². The Bertz CT molecular complexity index is 1370. The van der Waals surface area contributed by atoms with Gasteiger partial charge in [-0.15, -0.1) is 0 Å². The van der Waals surface area contributed by atoms with E-state index in [4.69, 9.17) is 0 Å². The van der Waals surface area contributed by atoms with Crippen LogP contribution in [-0.4, -0.2) is 19.5 Å². The second-order valence-corrected chi connectivity index (χ2v) is 9.21. The molecule has 162 valence electrons. The summed E-state index contributed by atoms with van der Waals surface area (Å²) in [4.78, 5) is 11.7. The number of hydrogen-bond acceptors (Lipinski definition) is 3. The molecule has 0 aromatic heterocycles. The highest BCUT2D eigenvalue weighted by atomic mass is 32.2. The van der Waals surface area contributed by atoms with Gasteiger partial charge < -0.3 is 5.11 Å². The molecule has 0 saturated heterocycles. The van der Waals surface area contributed by atoms with Crippen molar-refractivity contribution in [1.29, 1.82) is 0 Å². The molecule has 0 aliphatic carbocycles. The molecule has 0 amide bonds. The number of carboxylic acids is 1. The van der Waals surface area contributed by atoms with Crippen LogP contribution in [-0.2, 0) is 22.9 Å². The standard InChI is InChI=1S/C26H23NO4S/c28-26(29)23-16-5-2-10-20(23)12-7-14-21-11-3-6-17-24(21)27-32(30,31)25-18-8-13-19-9-1-4-15-22(19)25/h1-6,8-11,13,15-18,27H,7,12,14H2,(H,28,29). The number of aryl methyl sites for hydroxylation is 2. The number of anilines is 1. The predicted molar refractivity (Wildman–Crippen MR) is 127 cm³/mol. The number of fused-ring (bicyclic) bond motifs is 1. The summed E-state index contributed by atoms with van der Waals surface area (Å²) in [6.45, 7) is 0. The summed E-state index contributed by atoms with van der Waals surface area (Å²) in [5, 5.41) is 10.9. The Balaban J connectivity index is 1.54. The Morgan fingerprint density at radius 1 is 0.750 bits per heavy atom. The molecular weight excluding hydrogens is 422 g/mol. The molecule has 0 spiro atoms. The fraction of sp³-hybridized carbons (Fsp3) is 0.115. The van der Waals surface area contributed by atoms with Crippen LogP contribution in [0.3, 0.4) is 0 Å². The highest BCUT2D eigenvalue weighted by Gasteiger charge is 2.18. The Hall–Kier alpha value is -3.64. The van der Waals surface area contributed by atoms with Crippen molar-refractivity contribution >= 4 is 32.5 Å². The summed E-state index contributed by atoms with van der Waals surface area (Å²) >= 11 is 0. The van der Waals surface area contributed by atoms with Crippen LogP contribution in [0.5, 0.6) is 0 Å². The molecule has 0 aliphatic rings. The average Bonchev–Trinajstić information content (AvgIpc) is 2.80. The molecule has 0 atom stereocenters. The van der Waals surface area contributed by atoms with Gasteiger partial charge in [0.15, 0.2) is 0 Å². The van der Waals surface area contributed by atoms with E-state index in [9.17, 15) is 18.3 Å². The summed E-state index contributed by atoms with van der Waals surface area (Å²) in [5.74, 6) is -0.941. The van der Waals surface area contributed by atoms with Crippen molar-refractivity contribution in [1.82, 2.24) is 0 Å². The van der Waals surface area contributed by atoms with Gasteiger partial charge in [0.1, 0.15) is 0 Å². The molecular formula is C26H23NO4S. The van der Waals surface area contributed by atoms with Gasteiger partial charge in [0.05, 0.1) is 16.1 Å². The van der Waals surface area contributed by atoms with E-state index in [2.05, 4.69) is 4.72 Å². The molecule has 6 heteroatoms. The minimum absolute atomic E-state index is 0.237. The van der Waals surface area contributed by atoms with E-state index in [1.807, 2.05) is 48.5 Å². The van der Waals surface area contributed by atoms with Gasteiger partial charge in [0.2, 0.25) is 0 Å². The smallest absolute Gasteiger partial charge is 0.335 e. The van der Waals surface area contributed by atoms with Crippen molar-refractivity contribution < 1.29 is 18.3 Å². The van der Waals surface area contributed by atoms with Crippen molar-refractivity contribution in [2.24, 2.45) is 0 Å². The third kappa shape index (κ3) is 4.65. The molecule has 4 rings (SSSR count). The Labute approximate surface area is 187 Å². The van der Waals surface area contributed by atoms with E-state index in [1.165, 1.54) is 0 Å². The molecule has 4 aromatic carbocycles. The van der Waals surface area contributed by atoms with E-state index in [0.717, 1.165) is 16.5 Å². The topological polar surface area (TPSA) is 83.5 Å². The van der Waals surface area contributed by atoms with Crippen molar-refractivity contribution in [3.63, 3.8) is 0 Å². The number of hydrogen-bond donors (Lipinski definition) is 2. The highest BCUT2D eigenvalue weighted by Crippen LogP contribution is 2.27. The zero-order valence-electron chi connectivity index (χ0n) is 17.4. The van der Waals surface area contributed by atoms with Crippen LogP contribution in [0.2, 0.25) is 0 Å². The molecule has 0 heterocycles. The minimum Gasteiger partial charge on any atom is -0.478 e. The van der Waals surface area contributed by atoms with Crippen LogP contribution in [0.1, 0.15) is 27.9 Å². The summed E-state index contributed by atoms with van der Waals surface area (Å²) in [6, 6.07) is 26.9. The van der Waals surface area contributed by atoms with Gasteiger partial charge in [0.25, 0.3) is 10.0 Å². The molecule has 0 unspecified atom stereocenters. The monoisotopic (exact) mass is 445 g/mol. The van der Waals surface area contributed by atoms with E-state index in [0.29, 0.717) is 35.9 Å². The maximum atomic E-state index is 13.2. The summed E-state index contributed by atoms with van der Waals surface area (Å²) in [7, 11) is -3.79. The van der Waals surface area contributed by atoms with E-state index in [1.54, 1.807) is 42.5 Å². The quantitative estimate of drug-likeness (QED) is 0.374. The van der Waals surface area contributed by atoms with Crippen LogP contribution >= 0.6 is 0 Å². The molecule has 0 bridgehead atoms. The number of carboxylic acid groups (broad SMARTS) is 1. The number of sulfonamides is 1. The fourth-order valence-corrected chi connectivity index (χ4v) is 5.22. The lowest BCUT2D eigenvalue weighted by Gasteiger charge is -2.14. The molecule has 0 radical (unpaired) electrons. The molecule has 0 saturated carbocycles. The molecule has 32 heavy (non-hydrogen) atoms. The second kappa shape index (κ2) is 9.24. The van der Waals surface area contributed by atoms with Gasteiger partial charge in [-0.2, -0.15) is 0 Å². The molecule has 0 aliphatic heterocycles. The van der Waals surface area contributed by atoms with Crippen molar-refractivity contribution in [2.75, 3.05) is 4.72 Å². The average molecular weight is 446 g/mol. The first kappa shape index (κ1) is 21.6. The summed E-state index contributed by atoms with van der Waals surface area (Å²) in [5.41, 5.74) is 2.47. The zero-order chi connectivity index (χ0) is 22.6. The van der Waals surface area contributed by atoms with Crippen LogP contribution in [0.25, 0.3) is 10.8 Å². The minimum atomic E-state index is -3.79. The SMILES string of the molecule is O=C(O)c1ccccc1CCCc1ccccc1NS(=O)(=O)c1cccc2ccccc12. The highest BCUT2D eigenvalue weighted by molar-refractivity contribution is 7.93. The van der Waals surface area contributed by atoms with E-state index in [-0.39, 0.29) is 4.90 Å². The summed E-state index contributed by atoms with van der Waals surface area (Å²) in [6.07, 6.45) is 1.90. The largest absolute Gasteiger partial charge is 0.478 e. The normalized spacial score (nSPS) is 11.4. The van der Waals surface area contributed by atoms with Crippen molar-refractivity contribution in [3.8, 4) is 0 Å². The van der Waals surface area contributed by atoms with Crippen LogP contribution in [0, 0.1) is 0 Å². The summed E-state index contributed by atoms with van der Waals surface area (Å²) < 4.78 is 29.2.